The van der Waals surface area contributed by atoms with E-state index in [1.165, 1.54) is 0 Å². The topological polar surface area (TPSA) is 173 Å². The quantitative estimate of drug-likeness (QED) is 0.227. The Kier molecular flexibility index (Phi) is 5.99. The van der Waals surface area contributed by atoms with Crippen LogP contribution in [0.3, 0.4) is 0 Å². The fourth-order valence-electron chi connectivity index (χ4n) is 2.15. The Bertz CT molecular complexity index is 486. The van der Waals surface area contributed by atoms with Gasteiger partial charge in [0.15, 0.2) is 0 Å². The molecule has 0 aromatic carbocycles. The number of amides is 4. The second-order valence-corrected chi connectivity index (χ2v) is 4.44. The Morgan fingerprint density at radius 3 is 1.71 bits per heavy atom. The van der Waals surface area contributed by atoms with Gasteiger partial charge in [0.25, 0.3) is 0 Å². The number of barbiturate groups is 1. The maximum Gasteiger partial charge on any atom is 0.328 e. The fourth-order valence-corrected chi connectivity index (χ4v) is 2.15. The lowest BCUT2D eigenvalue weighted by Gasteiger charge is -2.33. The first-order valence-electron chi connectivity index (χ1n) is 6.25. The molecule has 4 amide bonds. The molecule has 11 nitrogen and oxygen atoms in total. The molecule has 1 aliphatic rings. The number of azide groups is 2. The van der Waals surface area contributed by atoms with Gasteiger partial charge in [-0.3, -0.25) is 20.2 Å². The maximum atomic E-state index is 12.1. The Labute approximate surface area is 119 Å². The molecular formula is C10H14N8O3. The van der Waals surface area contributed by atoms with E-state index in [0.717, 1.165) is 0 Å². The van der Waals surface area contributed by atoms with E-state index >= 15 is 0 Å². The second-order valence-electron chi connectivity index (χ2n) is 4.44. The third-order valence-corrected chi connectivity index (χ3v) is 3.17. The first-order valence-corrected chi connectivity index (χ1v) is 6.25. The molecule has 1 heterocycles. The van der Waals surface area contributed by atoms with Crippen molar-refractivity contribution < 1.29 is 14.4 Å². The van der Waals surface area contributed by atoms with Crippen LogP contribution in [0.4, 0.5) is 4.79 Å². The zero-order valence-electron chi connectivity index (χ0n) is 11.2. The number of hydrogen-bond acceptors (Lipinski definition) is 5. The zero-order valence-corrected chi connectivity index (χ0v) is 11.2. The van der Waals surface area contributed by atoms with Crippen LogP contribution in [-0.2, 0) is 9.59 Å². The van der Waals surface area contributed by atoms with Crippen molar-refractivity contribution in [3.63, 3.8) is 0 Å². The summed E-state index contributed by atoms with van der Waals surface area (Å²) in [5.41, 5.74) is 15.0. The third kappa shape index (κ3) is 4.10. The van der Waals surface area contributed by atoms with Gasteiger partial charge in [-0.25, -0.2) is 4.79 Å². The minimum Gasteiger partial charge on any atom is -0.277 e. The fraction of sp³-hybridized carbons (Fsp3) is 0.700. The molecule has 0 aromatic heterocycles. The van der Waals surface area contributed by atoms with Gasteiger partial charge in [-0.15, -0.1) is 0 Å². The SMILES string of the molecule is [N-]=[N+]=NCCCC1(CCCN=[N+]=[N-])C(=O)NC(=O)NC1=O. The van der Waals surface area contributed by atoms with Gasteiger partial charge in [0.2, 0.25) is 11.8 Å². The highest BCUT2D eigenvalue weighted by molar-refractivity contribution is 6.19. The van der Waals surface area contributed by atoms with E-state index < -0.39 is 23.3 Å². The Hall–Kier alpha value is -2.77. The summed E-state index contributed by atoms with van der Waals surface area (Å²) in [4.78, 5) is 40.4. The molecule has 112 valence electrons. The van der Waals surface area contributed by atoms with Crippen LogP contribution in [0.25, 0.3) is 20.9 Å². The van der Waals surface area contributed by atoms with Crippen molar-refractivity contribution in [1.82, 2.24) is 10.6 Å². The van der Waals surface area contributed by atoms with Crippen molar-refractivity contribution >= 4 is 17.8 Å². The lowest BCUT2D eigenvalue weighted by atomic mass is 9.76. The molecule has 0 spiro atoms. The van der Waals surface area contributed by atoms with Gasteiger partial charge in [0.05, 0.1) is 0 Å². The number of carbonyl (C=O) groups excluding carboxylic acids is 3. The molecule has 1 saturated heterocycles. The van der Waals surface area contributed by atoms with Crippen LogP contribution in [0.2, 0.25) is 0 Å². The normalized spacial score (nSPS) is 16.3. The lowest BCUT2D eigenvalue weighted by molar-refractivity contribution is -0.145. The first-order chi connectivity index (χ1) is 10.1. The first kappa shape index (κ1) is 16.3. The summed E-state index contributed by atoms with van der Waals surface area (Å²) in [5, 5.41) is 10.8. The van der Waals surface area contributed by atoms with Crippen molar-refractivity contribution in [1.29, 1.82) is 0 Å². The molecule has 0 aliphatic carbocycles. The maximum absolute atomic E-state index is 12.1. The second kappa shape index (κ2) is 7.73. The molecule has 11 heteroatoms. The largest absolute Gasteiger partial charge is 0.328 e. The van der Waals surface area contributed by atoms with Gasteiger partial charge in [0.1, 0.15) is 5.41 Å². The van der Waals surface area contributed by atoms with Gasteiger partial charge < -0.3 is 0 Å². The molecule has 0 unspecified atom stereocenters. The van der Waals surface area contributed by atoms with Gasteiger partial charge >= 0.3 is 6.03 Å². The molecule has 1 rings (SSSR count). The van der Waals surface area contributed by atoms with E-state index in [9.17, 15) is 14.4 Å². The molecule has 1 fully saturated rings. The molecule has 0 aromatic rings. The zero-order chi connectivity index (χ0) is 15.7. The van der Waals surface area contributed by atoms with E-state index in [1.807, 2.05) is 0 Å². The smallest absolute Gasteiger partial charge is 0.277 e. The number of nitrogens with zero attached hydrogens (tertiary/aromatic N) is 6. The molecule has 0 atom stereocenters. The van der Waals surface area contributed by atoms with Gasteiger partial charge in [-0.1, -0.05) is 10.2 Å². The van der Waals surface area contributed by atoms with Crippen LogP contribution >= 0.6 is 0 Å². The van der Waals surface area contributed by atoms with Crippen LogP contribution in [0.5, 0.6) is 0 Å². The summed E-state index contributed by atoms with van der Waals surface area (Å²) >= 11 is 0. The minimum atomic E-state index is -1.41. The van der Waals surface area contributed by atoms with E-state index in [-0.39, 0.29) is 25.9 Å². The number of hydrogen-bond donors (Lipinski definition) is 2. The van der Waals surface area contributed by atoms with Crippen molar-refractivity contribution in [2.24, 2.45) is 15.6 Å². The third-order valence-electron chi connectivity index (χ3n) is 3.17. The average molecular weight is 294 g/mol. The standard InChI is InChI=1S/C10H14N8O3/c11-17-13-5-1-3-10(4-2-6-14-18-12)7(19)15-9(21)16-8(10)20/h1-6H2,(H2,15,16,19,20,21). The summed E-state index contributed by atoms with van der Waals surface area (Å²) in [5.74, 6) is -1.36. The highest BCUT2D eigenvalue weighted by Crippen LogP contribution is 2.32. The molecule has 0 bridgehead atoms. The van der Waals surface area contributed by atoms with Crippen molar-refractivity contribution in [2.75, 3.05) is 13.1 Å². The van der Waals surface area contributed by atoms with Crippen LogP contribution in [0, 0.1) is 5.41 Å². The average Bonchev–Trinajstić information content (AvgIpc) is 2.44. The molecule has 21 heavy (non-hydrogen) atoms. The monoisotopic (exact) mass is 294 g/mol. The number of carbonyl (C=O) groups is 3. The van der Waals surface area contributed by atoms with Gasteiger partial charge in [0, 0.05) is 22.9 Å². The van der Waals surface area contributed by atoms with Crippen LogP contribution in [0.1, 0.15) is 25.7 Å². The van der Waals surface area contributed by atoms with Crippen LogP contribution in [0.15, 0.2) is 10.2 Å². The summed E-state index contributed by atoms with van der Waals surface area (Å²) < 4.78 is 0. The molecule has 1 aliphatic heterocycles. The summed E-state index contributed by atoms with van der Waals surface area (Å²) in [6, 6.07) is -0.856. The number of urea groups is 1. The van der Waals surface area contributed by atoms with Crippen LogP contribution < -0.4 is 10.6 Å². The summed E-state index contributed by atoms with van der Waals surface area (Å²) in [6.07, 6.45) is 0.904. The Morgan fingerprint density at radius 2 is 1.33 bits per heavy atom. The predicted octanol–water partition coefficient (Wildman–Crippen LogP) is 1.52. The summed E-state index contributed by atoms with van der Waals surface area (Å²) in [7, 11) is 0. The predicted molar refractivity (Wildman–Crippen MR) is 70.6 cm³/mol. The molecular weight excluding hydrogens is 280 g/mol. The van der Waals surface area contributed by atoms with Crippen molar-refractivity contribution in [3.05, 3.63) is 20.9 Å². The van der Waals surface area contributed by atoms with E-state index in [1.54, 1.807) is 0 Å². The number of rotatable bonds is 8. The lowest BCUT2D eigenvalue weighted by Crippen LogP contribution is -2.62. The van der Waals surface area contributed by atoms with Gasteiger partial charge in [-0.2, -0.15) is 0 Å². The number of nitrogens with one attached hydrogen (secondary N) is 2. The Morgan fingerprint density at radius 1 is 0.905 bits per heavy atom. The van der Waals surface area contributed by atoms with E-state index in [4.69, 9.17) is 11.1 Å². The summed E-state index contributed by atoms with van der Waals surface area (Å²) in [6.45, 7) is 0.284. The Balaban J connectivity index is 2.83. The molecule has 0 radical (unpaired) electrons. The number of imide groups is 2. The molecule has 0 saturated carbocycles. The highest BCUT2D eigenvalue weighted by Gasteiger charge is 2.48. The van der Waals surface area contributed by atoms with Crippen molar-refractivity contribution in [3.8, 4) is 0 Å². The van der Waals surface area contributed by atoms with E-state index in [2.05, 4.69) is 30.7 Å². The van der Waals surface area contributed by atoms with E-state index in [0.29, 0.717) is 12.8 Å². The minimum absolute atomic E-state index is 0.132. The van der Waals surface area contributed by atoms with Crippen molar-refractivity contribution in [2.45, 2.75) is 25.7 Å². The highest BCUT2D eigenvalue weighted by atomic mass is 16.2. The molecule has 2 N–H and O–H groups in total. The van der Waals surface area contributed by atoms with Gasteiger partial charge in [-0.05, 0) is 36.7 Å². The van der Waals surface area contributed by atoms with Crippen LogP contribution in [-0.4, -0.2) is 30.9 Å².